The average molecular weight is 1480 g/mol. The Kier molecular flexibility index (Phi) is 24.5. The quantitative estimate of drug-likeness (QED) is 0.00818. The van der Waals surface area contributed by atoms with Crippen LogP contribution in [-0.4, -0.2) is 176 Å². The van der Waals surface area contributed by atoms with E-state index in [0.717, 1.165) is 58.3 Å². The van der Waals surface area contributed by atoms with Crippen LogP contribution in [0.3, 0.4) is 0 Å². The van der Waals surface area contributed by atoms with Crippen molar-refractivity contribution >= 4 is 158 Å². The lowest BCUT2D eigenvalue weighted by molar-refractivity contribution is -0.120. The number of thiazole rings is 2. The number of guanidine groups is 1. The molecule has 2 saturated heterocycles. The Labute approximate surface area is 597 Å². The number of azo groups is 2. The third kappa shape index (κ3) is 18.5. The van der Waals surface area contributed by atoms with Gasteiger partial charge in [0.2, 0.25) is 16.2 Å². The summed E-state index contributed by atoms with van der Waals surface area (Å²) in [6, 6.07) is 16.9. The summed E-state index contributed by atoms with van der Waals surface area (Å²) < 4.78 is 95.6. The zero-order valence-electron chi connectivity index (χ0n) is 57.1. The number of methoxy groups -OCH3 is 2. The summed E-state index contributed by atoms with van der Waals surface area (Å²) in [4.78, 5) is 82.7. The number of morpholine rings is 2. The molecule has 1 atom stereocenters. The van der Waals surface area contributed by atoms with Gasteiger partial charge in [-0.15, -0.1) is 20.5 Å². The van der Waals surface area contributed by atoms with Gasteiger partial charge in [0.05, 0.1) is 94.1 Å². The SMILES string of the molecule is C=CC12CC(=NC(Nc3cc(N(CC)CC)c(OC)cc3N=Nc3nc(N4CCOCC4)c(/C=C(/C(C)=O)C(=O)Nc4ccc(S(=O)(=O)O)cc4)s3)=N1)CCCCOCN(CC)c1cc(c(N=Nc3nc(N4CCOCC4)c(/C=C(\C(C)=O)C(=O)Nc4ccc(S(=O)(=O)O)cc4)s3)cc1OC)N2. The molecule has 2 aromatic heterocycles. The van der Waals surface area contributed by atoms with Crippen molar-refractivity contribution < 1.29 is 68.8 Å². The van der Waals surface area contributed by atoms with E-state index in [9.17, 15) is 45.1 Å². The van der Waals surface area contributed by atoms with E-state index in [4.69, 9.17) is 64.1 Å². The van der Waals surface area contributed by atoms with Crippen molar-refractivity contribution in [2.75, 3.05) is 141 Å². The van der Waals surface area contributed by atoms with Crippen LogP contribution < -0.4 is 50.3 Å². The lowest BCUT2D eigenvalue weighted by Crippen LogP contribution is -2.41. The summed E-state index contributed by atoms with van der Waals surface area (Å²) >= 11 is 2.17. The number of Topliss-reactive ketones (excluding diaryl/α,β-unsaturated/α-hetero) is 2. The molecule has 2 amide bonds. The summed E-state index contributed by atoms with van der Waals surface area (Å²) in [5.74, 6) is -0.736. The van der Waals surface area contributed by atoms with Crippen LogP contribution in [0.5, 0.6) is 11.5 Å². The number of ether oxygens (including phenoxy) is 5. The Morgan fingerprint density at radius 1 is 0.696 bits per heavy atom. The first-order valence-corrected chi connectivity index (χ1v) is 37.0. The molecule has 102 heavy (non-hydrogen) atoms. The van der Waals surface area contributed by atoms with Gasteiger partial charge < -0.3 is 64.6 Å². The summed E-state index contributed by atoms with van der Waals surface area (Å²) in [7, 11) is -5.90. The largest absolute Gasteiger partial charge is 0.494 e. The van der Waals surface area contributed by atoms with Crippen molar-refractivity contribution in [3.8, 4) is 11.5 Å². The van der Waals surface area contributed by atoms with Gasteiger partial charge in [-0.3, -0.25) is 28.3 Å². The van der Waals surface area contributed by atoms with Crippen molar-refractivity contribution in [2.45, 2.75) is 75.8 Å². The minimum atomic E-state index is -4.51. The van der Waals surface area contributed by atoms with Gasteiger partial charge in [-0.25, -0.2) is 9.98 Å². The Bertz CT molecular complexity index is 4560. The monoisotopic (exact) mass is 1470 g/mol. The molecule has 35 heteroatoms. The van der Waals surface area contributed by atoms with Crippen LogP contribution in [0.15, 0.2) is 137 Å². The smallest absolute Gasteiger partial charge is 0.294 e. The lowest BCUT2D eigenvalue weighted by atomic mass is 9.97. The van der Waals surface area contributed by atoms with Gasteiger partial charge in [-0.05, 0) is 133 Å². The van der Waals surface area contributed by atoms with E-state index in [-0.39, 0.29) is 61.7 Å². The number of rotatable bonds is 24. The maximum atomic E-state index is 13.8. The second-order valence-corrected chi connectivity index (χ2v) is 28.2. The molecular formula is C67H78N16O15S4. The zero-order valence-corrected chi connectivity index (χ0v) is 60.4. The molecule has 10 rings (SSSR count). The maximum absolute atomic E-state index is 13.8. The predicted octanol–water partition coefficient (Wildman–Crippen LogP) is 11.3. The topological polar surface area (TPSA) is 384 Å². The normalized spacial score (nSPS) is 17.3. The fourth-order valence-electron chi connectivity index (χ4n) is 11.3. The zero-order chi connectivity index (χ0) is 72.9. The second-order valence-electron chi connectivity index (χ2n) is 23.4. The fourth-order valence-corrected chi connectivity index (χ4v) is 13.9. The molecular weight excluding hydrogens is 1400 g/mol. The molecule has 540 valence electrons. The highest BCUT2D eigenvalue weighted by Gasteiger charge is 2.35. The lowest BCUT2D eigenvalue weighted by Gasteiger charge is -2.34. The van der Waals surface area contributed by atoms with Gasteiger partial charge in [0, 0.05) is 88.1 Å². The number of benzene rings is 4. The van der Waals surface area contributed by atoms with E-state index < -0.39 is 49.3 Å². The van der Waals surface area contributed by atoms with E-state index in [1.807, 2.05) is 47.6 Å². The third-order valence-electron chi connectivity index (χ3n) is 16.6. The highest BCUT2D eigenvalue weighted by Crippen LogP contribution is 2.45. The Morgan fingerprint density at radius 2 is 1.21 bits per heavy atom. The molecule has 6 N–H and O–H groups in total. The molecule has 4 aliphatic rings. The summed E-state index contributed by atoms with van der Waals surface area (Å²) in [5, 5.41) is 31.9. The number of nitrogens with one attached hydrogen (secondary N) is 4. The molecule has 2 fully saturated rings. The number of hydrogen-bond acceptors (Lipinski definition) is 29. The van der Waals surface area contributed by atoms with E-state index in [1.54, 1.807) is 32.4 Å². The standard InChI is InChI=1S/C67H78N16O15S4/c1-9-67-39-45(70-64(75-67)71-50-35-54(80(10-2)11-3)56(94-7)37-52(50)76-78-65-72-60(82-24-29-96-30-25-82)58(99-65)33-48(41(5)84)62(86)68-43-16-20-46(21-17-43)101(88,89)90)15-13-14-28-98-40-81(12-4)55-36-51(74-67)53(38-57(55)95-8)77-79-66-73-61(83-26-31-97-32-27-83)59(100-66)34-49(42(6)85)63(87)69-44-18-22-47(23-19-44)102(91,92)93/h9,16-23,33-38,74H,1,10-15,24-32,39-40H2,2-8H3,(H,68,86)(H,69,87)(H,71,75)(H,88,89,90)(H,91,92,93)/b48-33-,49-34+,78-76?,79-77?. The number of fused-ring (bicyclic) bond motifs is 4. The predicted molar refractivity (Wildman–Crippen MR) is 393 cm³/mol. The van der Waals surface area contributed by atoms with Crippen LogP contribution in [0.2, 0.25) is 0 Å². The van der Waals surface area contributed by atoms with Crippen molar-refractivity contribution in [3.05, 3.63) is 106 Å². The van der Waals surface area contributed by atoms with Crippen molar-refractivity contribution in [3.63, 3.8) is 0 Å². The molecule has 4 aromatic carbocycles. The summed E-state index contributed by atoms with van der Waals surface area (Å²) in [5.41, 5.74) is 2.17. The van der Waals surface area contributed by atoms with Gasteiger partial charge in [-0.1, -0.05) is 29.3 Å². The van der Waals surface area contributed by atoms with Gasteiger partial charge in [0.25, 0.3) is 32.1 Å². The van der Waals surface area contributed by atoms with E-state index >= 15 is 0 Å². The van der Waals surface area contributed by atoms with Crippen LogP contribution in [0, 0.1) is 0 Å². The van der Waals surface area contributed by atoms with E-state index in [2.05, 4.69) is 32.7 Å². The van der Waals surface area contributed by atoms with Crippen molar-refractivity contribution in [1.82, 2.24) is 9.97 Å². The van der Waals surface area contributed by atoms with E-state index in [1.165, 1.54) is 50.3 Å². The molecule has 0 aliphatic carbocycles. The first-order valence-electron chi connectivity index (χ1n) is 32.5. The van der Waals surface area contributed by atoms with Crippen LogP contribution >= 0.6 is 22.7 Å². The van der Waals surface area contributed by atoms with Gasteiger partial charge in [0.1, 0.15) is 41.2 Å². The van der Waals surface area contributed by atoms with Crippen LogP contribution in [0.4, 0.5) is 67.4 Å². The maximum Gasteiger partial charge on any atom is 0.294 e. The van der Waals surface area contributed by atoms with Gasteiger partial charge in [-0.2, -0.15) is 26.8 Å². The third-order valence-corrected chi connectivity index (χ3v) is 20.1. The number of hydrogen-bond donors (Lipinski definition) is 6. The Balaban J connectivity index is 1.03. The van der Waals surface area contributed by atoms with Crippen molar-refractivity contribution in [2.24, 2.45) is 30.4 Å². The minimum Gasteiger partial charge on any atom is -0.494 e. The molecule has 0 spiro atoms. The van der Waals surface area contributed by atoms with Crippen molar-refractivity contribution in [1.29, 1.82) is 0 Å². The van der Waals surface area contributed by atoms with E-state index in [0.29, 0.717) is 159 Å². The summed E-state index contributed by atoms with van der Waals surface area (Å²) in [6.07, 6.45) is 6.79. The molecule has 6 heterocycles. The van der Waals surface area contributed by atoms with Gasteiger partial charge in [0.15, 0.2) is 17.2 Å². The number of carbonyl (C=O) groups excluding carboxylic acids is 4. The molecule has 6 aromatic rings. The summed E-state index contributed by atoms with van der Waals surface area (Å²) in [6.45, 7) is 18.6. The average Bonchev–Trinajstić information content (AvgIpc) is 1.10. The molecule has 0 saturated carbocycles. The highest BCUT2D eigenvalue weighted by atomic mass is 32.2. The number of aromatic nitrogens is 2. The number of nitrogens with zero attached hydrogens (tertiary/aromatic N) is 12. The first kappa shape index (κ1) is 75.0. The molecule has 31 nitrogen and oxygen atoms in total. The van der Waals surface area contributed by atoms with Crippen LogP contribution in [0.25, 0.3) is 12.2 Å². The highest BCUT2D eigenvalue weighted by molar-refractivity contribution is 7.86. The number of aliphatic imine (C=N–C) groups is 2. The second kappa shape index (κ2) is 33.4. The fraction of sp³-hybridized carbons (Fsp3) is 0.373. The number of anilines is 8. The molecule has 0 radical (unpaired) electrons. The number of carbonyl (C=O) groups is 4. The molecule has 4 aliphatic heterocycles. The first-order chi connectivity index (χ1) is 48.9. The Morgan fingerprint density at radius 3 is 1.68 bits per heavy atom. The van der Waals surface area contributed by atoms with Crippen LogP contribution in [0.1, 0.15) is 70.1 Å². The molecule has 1 unspecified atom stereocenters. The number of amides is 2. The minimum absolute atomic E-state index is 0.165. The Hall–Kier alpha value is -9.72. The molecule has 4 bridgehead atoms. The number of ketones is 2. The van der Waals surface area contributed by atoms with Gasteiger partial charge >= 0.3 is 0 Å². The van der Waals surface area contributed by atoms with Crippen LogP contribution in [-0.2, 0) is 53.6 Å².